The molecule has 0 aliphatic heterocycles. The zero-order chi connectivity index (χ0) is 13.5. The van der Waals surface area contributed by atoms with Crippen molar-refractivity contribution in [2.45, 2.75) is 0 Å². The van der Waals surface area contributed by atoms with Crippen molar-refractivity contribution in [1.82, 2.24) is 15.3 Å². The molecule has 2 rings (SSSR count). The minimum Gasteiger partial charge on any atom is -0.347 e. The van der Waals surface area contributed by atoms with Gasteiger partial charge in [-0.15, -0.1) is 6.58 Å². The average molecular weight is 254 g/mol. The largest absolute Gasteiger partial charge is 0.347 e. The third-order valence-corrected chi connectivity index (χ3v) is 2.33. The Kier molecular flexibility index (Phi) is 4.23. The van der Waals surface area contributed by atoms with E-state index in [0.717, 1.165) is 5.69 Å². The average Bonchev–Trinajstić information content (AvgIpc) is 2.46. The topological polar surface area (TPSA) is 66.9 Å². The molecule has 1 aromatic carbocycles. The summed E-state index contributed by atoms with van der Waals surface area (Å²) >= 11 is 0. The Bertz CT molecular complexity index is 569. The summed E-state index contributed by atoms with van der Waals surface area (Å²) in [7, 11) is 0. The summed E-state index contributed by atoms with van der Waals surface area (Å²) in [5, 5.41) is 5.70. The number of hydrogen-bond donors (Lipinski definition) is 2. The van der Waals surface area contributed by atoms with E-state index in [1.165, 1.54) is 0 Å². The Balaban J connectivity index is 2.11. The summed E-state index contributed by atoms with van der Waals surface area (Å²) in [6.45, 7) is 3.95. The molecule has 0 fully saturated rings. The van der Waals surface area contributed by atoms with Crippen molar-refractivity contribution in [3.63, 3.8) is 0 Å². The maximum absolute atomic E-state index is 11.7. The van der Waals surface area contributed by atoms with Crippen LogP contribution in [0.25, 0.3) is 0 Å². The lowest BCUT2D eigenvalue weighted by molar-refractivity contribution is 0.0953. The highest BCUT2D eigenvalue weighted by Gasteiger charge is 2.07. The minimum absolute atomic E-state index is 0.251. The Hall–Kier alpha value is -2.69. The monoisotopic (exact) mass is 254 g/mol. The molecule has 0 aliphatic rings. The van der Waals surface area contributed by atoms with Crippen molar-refractivity contribution in [2.24, 2.45) is 0 Å². The van der Waals surface area contributed by atoms with E-state index >= 15 is 0 Å². The summed E-state index contributed by atoms with van der Waals surface area (Å²) in [6, 6.07) is 11.1. The van der Waals surface area contributed by atoms with Crippen LogP contribution < -0.4 is 10.6 Å². The molecule has 0 aliphatic carbocycles. The van der Waals surface area contributed by atoms with Crippen LogP contribution in [0.4, 0.5) is 11.6 Å². The van der Waals surface area contributed by atoms with E-state index in [-0.39, 0.29) is 5.91 Å². The highest BCUT2D eigenvalue weighted by Crippen LogP contribution is 2.11. The molecule has 5 heteroatoms. The van der Waals surface area contributed by atoms with Gasteiger partial charge in [-0.25, -0.2) is 9.97 Å². The number of para-hydroxylation sites is 1. The lowest BCUT2D eigenvalue weighted by Crippen LogP contribution is -2.24. The van der Waals surface area contributed by atoms with Gasteiger partial charge >= 0.3 is 0 Å². The smallest absolute Gasteiger partial charge is 0.270 e. The molecule has 2 aromatic rings. The number of aromatic nitrogens is 2. The van der Waals surface area contributed by atoms with Crippen molar-refractivity contribution in [2.75, 3.05) is 11.9 Å². The number of rotatable bonds is 5. The first kappa shape index (κ1) is 12.8. The third-order valence-electron chi connectivity index (χ3n) is 2.33. The molecule has 1 amide bonds. The molecule has 0 atom stereocenters. The standard InChI is InChI=1S/C14H14N4O/c1-2-9-15-13(19)12-8-10-16-14(18-12)17-11-6-4-3-5-7-11/h2-8,10H,1,9H2,(H,15,19)(H,16,17,18). The van der Waals surface area contributed by atoms with E-state index in [0.29, 0.717) is 18.2 Å². The third kappa shape index (κ3) is 3.64. The molecule has 0 spiro atoms. The van der Waals surface area contributed by atoms with Crippen molar-refractivity contribution in [3.05, 3.63) is 60.9 Å². The van der Waals surface area contributed by atoms with Gasteiger partial charge in [0.25, 0.3) is 5.91 Å². The summed E-state index contributed by atoms with van der Waals surface area (Å²) in [4.78, 5) is 20.0. The van der Waals surface area contributed by atoms with E-state index in [2.05, 4.69) is 27.2 Å². The van der Waals surface area contributed by atoms with Gasteiger partial charge in [0.05, 0.1) is 0 Å². The van der Waals surface area contributed by atoms with Crippen molar-refractivity contribution >= 4 is 17.5 Å². The van der Waals surface area contributed by atoms with Gasteiger partial charge in [-0.2, -0.15) is 0 Å². The molecule has 96 valence electrons. The van der Waals surface area contributed by atoms with Crippen LogP contribution in [-0.2, 0) is 0 Å². The van der Waals surface area contributed by atoms with Crippen LogP contribution in [0.15, 0.2) is 55.3 Å². The number of carbonyl (C=O) groups excluding carboxylic acids is 1. The molecule has 0 bridgehead atoms. The van der Waals surface area contributed by atoms with Crippen molar-refractivity contribution in [3.8, 4) is 0 Å². The number of nitrogens with one attached hydrogen (secondary N) is 2. The molecule has 0 saturated carbocycles. The fraction of sp³-hybridized carbons (Fsp3) is 0.0714. The fourth-order valence-corrected chi connectivity index (χ4v) is 1.45. The number of carbonyl (C=O) groups is 1. The normalized spacial score (nSPS) is 9.68. The first-order valence-electron chi connectivity index (χ1n) is 5.84. The lowest BCUT2D eigenvalue weighted by atomic mass is 10.3. The Morgan fingerprint density at radius 1 is 1.26 bits per heavy atom. The maximum atomic E-state index is 11.7. The molecule has 19 heavy (non-hydrogen) atoms. The molecule has 1 heterocycles. The van der Waals surface area contributed by atoms with Gasteiger partial charge in [0.1, 0.15) is 5.69 Å². The summed E-state index contributed by atoms with van der Waals surface area (Å²) in [5.74, 6) is 0.135. The van der Waals surface area contributed by atoms with E-state index in [1.54, 1.807) is 18.3 Å². The van der Waals surface area contributed by atoms with Gasteiger partial charge in [-0.05, 0) is 18.2 Å². The lowest BCUT2D eigenvalue weighted by Gasteiger charge is -2.06. The number of benzene rings is 1. The van der Waals surface area contributed by atoms with E-state index in [9.17, 15) is 4.79 Å². The van der Waals surface area contributed by atoms with Gasteiger partial charge in [0.15, 0.2) is 0 Å². The van der Waals surface area contributed by atoms with Crippen LogP contribution in [-0.4, -0.2) is 22.4 Å². The molecule has 2 N–H and O–H groups in total. The molecular formula is C14H14N4O. The van der Waals surface area contributed by atoms with E-state index < -0.39 is 0 Å². The molecule has 0 unspecified atom stereocenters. The molecule has 0 saturated heterocycles. The van der Waals surface area contributed by atoms with Crippen LogP contribution in [0.3, 0.4) is 0 Å². The van der Waals surface area contributed by atoms with Crippen LogP contribution in [0.5, 0.6) is 0 Å². The number of nitrogens with zero attached hydrogens (tertiary/aromatic N) is 2. The SMILES string of the molecule is C=CCNC(=O)c1ccnc(Nc2ccccc2)n1. The quantitative estimate of drug-likeness (QED) is 0.802. The number of amides is 1. The van der Waals surface area contributed by atoms with Gasteiger partial charge in [-0.3, -0.25) is 4.79 Å². The Morgan fingerprint density at radius 3 is 2.79 bits per heavy atom. The summed E-state index contributed by atoms with van der Waals surface area (Å²) < 4.78 is 0. The molecular weight excluding hydrogens is 240 g/mol. The first-order chi connectivity index (χ1) is 9.29. The van der Waals surface area contributed by atoms with Gasteiger partial charge in [-0.1, -0.05) is 24.3 Å². The van der Waals surface area contributed by atoms with Gasteiger partial charge in [0.2, 0.25) is 5.95 Å². The predicted octanol–water partition coefficient (Wildman–Crippen LogP) is 2.14. The predicted molar refractivity (Wildman–Crippen MR) is 74.3 cm³/mol. The van der Waals surface area contributed by atoms with Crippen molar-refractivity contribution in [1.29, 1.82) is 0 Å². The Morgan fingerprint density at radius 2 is 2.05 bits per heavy atom. The Labute approximate surface area is 111 Å². The highest BCUT2D eigenvalue weighted by atomic mass is 16.1. The van der Waals surface area contributed by atoms with Crippen LogP contribution in [0, 0.1) is 0 Å². The maximum Gasteiger partial charge on any atom is 0.270 e. The number of anilines is 2. The first-order valence-corrected chi connectivity index (χ1v) is 5.84. The van der Waals surface area contributed by atoms with E-state index in [4.69, 9.17) is 0 Å². The second-order valence-corrected chi connectivity index (χ2v) is 3.76. The molecule has 5 nitrogen and oxygen atoms in total. The van der Waals surface area contributed by atoms with Crippen molar-refractivity contribution < 1.29 is 4.79 Å². The fourth-order valence-electron chi connectivity index (χ4n) is 1.45. The molecule has 1 aromatic heterocycles. The van der Waals surface area contributed by atoms with Crippen LogP contribution in [0.1, 0.15) is 10.5 Å². The summed E-state index contributed by atoms with van der Waals surface area (Å²) in [6.07, 6.45) is 3.16. The van der Waals surface area contributed by atoms with Crippen LogP contribution >= 0.6 is 0 Å². The highest BCUT2D eigenvalue weighted by molar-refractivity contribution is 5.92. The zero-order valence-electron chi connectivity index (χ0n) is 10.3. The van der Waals surface area contributed by atoms with E-state index in [1.807, 2.05) is 30.3 Å². The molecule has 0 radical (unpaired) electrons. The van der Waals surface area contributed by atoms with Gasteiger partial charge < -0.3 is 10.6 Å². The van der Waals surface area contributed by atoms with Crippen LogP contribution in [0.2, 0.25) is 0 Å². The summed E-state index contributed by atoms with van der Waals surface area (Å²) in [5.41, 5.74) is 1.18. The minimum atomic E-state index is -0.251. The second-order valence-electron chi connectivity index (χ2n) is 3.76. The number of hydrogen-bond acceptors (Lipinski definition) is 4. The zero-order valence-corrected chi connectivity index (χ0v) is 10.3. The second kappa shape index (κ2) is 6.30. The van der Waals surface area contributed by atoms with Gasteiger partial charge in [0, 0.05) is 18.4 Å².